The highest BCUT2D eigenvalue weighted by molar-refractivity contribution is 7.91. The molecule has 7 nitrogen and oxygen atoms in total. The van der Waals surface area contributed by atoms with Crippen LogP contribution in [0.1, 0.15) is 11.3 Å². The van der Waals surface area contributed by atoms with Crippen LogP contribution in [0.25, 0.3) is 11.0 Å². The molecule has 0 spiro atoms. The molecule has 4 rings (SSSR count). The van der Waals surface area contributed by atoms with E-state index in [2.05, 4.69) is 10.3 Å². The highest BCUT2D eigenvalue weighted by atomic mass is 32.2. The number of rotatable bonds is 5. The standard InChI is InChI=1S/C24H20FN3O4S/c1-15-6-9-19(10-7-15)33(31,32)21-13-28(24-20(23(21)30)11-8-16(2)26-24)14-22(29)27-18-5-3-4-17(25)12-18/h3-13H,14H2,1-2H3,(H,27,29). The SMILES string of the molecule is Cc1ccc(S(=O)(=O)c2cn(CC(=O)Nc3cccc(F)c3)c3nc(C)ccc3c2=O)cc1. The van der Waals surface area contributed by atoms with Crippen molar-refractivity contribution in [2.45, 2.75) is 30.2 Å². The first-order valence-corrected chi connectivity index (χ1v) is 11.5. The predicted molar refractivity (Wildman–Crippen MR) is 122 cm³/mol. The second kappa shape index (κ2) is 8.59. The van der Waals surface area contributed by atoms with Gasteiger partial charge in [0.05, 0.1) is 10.3 Å². The Morgan fingerprint density at radius 2 is 1.79 bits per heavy atom. The number of pyridine rings is 2. The van der Waals surface area contributed by atoms with Crippen LogP contribution in [-0.4, -0.2) is 23.9 Å². The van der Waals surface area contributed by atoms with E-state index in [1.54, 1.807) is 25.1 Å². The van der Waals surface area contributed by atoms with Gasteiger partial charge in [-0.15, -0.1) is 0 Å². The van der Waals surface area contributed by atoms with Crippen LogP contribution in [0.5, 0.6) is 0 Å². The number of hydrogen-bond donors (Lipinski definition) is 1. The van der Waals surface area contributed by atoms with E-state index in [-0.39, 0.29) is 28.2 Å². The van der Waals surface area contributed by atoms with Crippen LogP contribution in [-0.2, 0) is 21.2 Å². The van der Waals surface area contributed by atoms with Gasteiger partial charge in [-0.05, 0) is 56.3 Å². The quantitative estimate of drug-likeness (QED) is 0.485. The zero-order valence-corrected chi connectivity index (χ0v) is 18.7. The molecule has 0 aliphatic carbocycles. The molecular formula is C24H20FN3O4S. The summed E-state index contributed by atoms with van der Waals surface area (Å²) in [4.78, 5) is 29.6. The van der Waals surface area contributed by atoms with E-state index in [9.17, 15) is 22.4 Å². The summed E-state index contributed by atoms with van der Waals surface area (Å²) in [6, 6.07) is 14.6. The summed E-state index contributed by atoms with van der Waals surface area (Å²) in [5.74, 6) is -1.04. The number of hydrogen-bond acceptors (Lipinski definition) is 5. The van der Waals surface area contributed by atoms with Gasteiger partial charge in [-0.3, -0.25) is 9.59 Å². The van der Waals surface area contributed by atoms with Gasteiger partial charge in [0.25, 0.3) is 0 Å². The molecule has 33 heavy (non-hydrogen) atoms. The third-order valence-electron chi connectivity index (χ3n) is 5.07. The first-order chi connectivity index (χ1) is 15.6. The monoisotopic (exact) mass is 465 g/mol. The number of fused-ring (bicyclic) bond motifs is 1. The lowest BCUT2D eigenvalue weighted by atomic mass is 10.2. The Morgan fingerprint density at radius 1 is 1.06 bits per heavy atom. The minimum atomic E-state index is -4.15. The molecule has 0 saturated carbocycles. The fourth-order valence-corrected chi connectivity index (χ4v) is 4.78. The largest absolute Gasteiger partial charge is 0.324 e. The Labute approximate surface area is 189 Å². The van der Waals surface area contributed by atoms with Crippen LogP contribution in [0.3, 0.4) is 0 Å². The van der Waals surface area contributed by atoms with Gasteiger partial charge in [-0.25, -0.2) is 17.8 Å². The second-order valence-electron chi connectivity index (χ2n) is 7.65. The number of benzene rings is 2. The average Bonchev–Trinajstić information content (AvgIpc) is 2.75. The van der Waals surface area contributed by atoms with Crippen LogP contribution in [0.4, 0.5) is 10.1 Å². The van der Waals surface area contributed by atoms with E-state index in [0.717, 1.165) is 17.8 Å². The van der Waals surface area contributed by atoms with Crippen LogP contribution >= 0.6 is 0 Å². The fraction of sp³-hybridized carbons (Fsp3) is 0.125. The zero-order valence-electron chi connectivity index (χ0n) is 17.9. The van der Waals surface area contributed by atoms with Crippen molar-refractivity contribution in [2.24, 2.45) is 0 Å². The molecule has 2 heterocycles. The molecule has 0 unspecified atom stereocenters. The summed E-state index contributed by atoms with van der Waals surface area (Å²) >= 11 is 0. The Hall–Kier alpha value is -3.85. The van der Waals surface area contributed by atoms with Crippen LogP contribution in [0, 0.1) is 19.7 Å². The Bertz CT molecular complexity index is 1540. The zero-order chi connectivity index (χ0) is 23.8. The van der Waals surface area contributed by atoms with E-state index in [4.69, 9.17) is 0 Å². The normalized spacial score (nSPS) is 11.5. The molecule has 2 aromatic carbocycles. The Morgan fingerprint density at radius 3 is 2.48 bits per heavy atom. The van der Waals surface area contributed by atoms with E-state index in [1.165, 1.54) is 41.0 Å². The highest BCUT2D eigenvalue weighted by Gasteiger charge is 2.24. The highest BCUT2D eigenvalue weighted by Crippen LogP contribution is 2.21. The minimum absolute atomic E-state index is 0.0274. The van der Waals surface area contributed by atoms with Crippen molar-refractivity contribution in [1.29, 1.82) is 0 Å². The van der Waals surface area contributed by atoms with Crippen molar-refractivity contribution in [3.63, 3.8) is 0 Å². The predicted octanol–water partition coefficient (Wildman–Crippen LogP) is 3.62. The van der Waals surface area contributed by atoms with Crippen molar-refractivity contribution in [3.8, 4) is 0 Å². The first kappa shape index (κ1) is 22.3. The molecular weight excluding hydrogens is 445 g/mol. The van der Waals surface area contributed by atoms with E-state index >= 15 is 0 Å². The smallest absolute Gasteiger partial charge is 0.244 e. The molecule has 0 atom stereocenters. The van der Waals surface area contributed by atoms with Crippen LogP contribution in [0.2, 0.25) is 0 Å². The third kappa shape index (κ3) is 4.54. The number of nitrogens with one attached hydrogen (secondary N) is 1. The van der Waals surface area contributed by atoms with Gasteiger partial charge < -0.3 is 9.88 Å². The molecule has 0 saturated heterocycles. The van der Waals surface area contributed by atoms with Crippen LogP contribution < -0.4 is 10.7 Å². The van der Waals surface area contributed by atoms with Crippen molar-refractivity contribution >= 4 is 32.5 Å². The number of halogens is 1. The number of carbonyl (C=O) groups excluding carboxylic acids is 1. The van der Waals surface area contributed by atoms with Crippen molar-refractivity contribution in [1.82, 2.24) is 9.55 Å². The minimum Gasteiger partial charge on any atom is -0.324 e. The van der Waals surface area contributed by atoms with Gasteiger partial charge in [-0.1, -0.05) is 23.8 Å². The number of sulfone groups is 1. The van der Waals surface area contributed by atoms with E-state index < -0.39 is 31.9 Å². The summed E-state index contributed by atoms with van der Waals surface area (Å²) in [7, 11) is -4.15. The third-order valence-corrected chi connectivity index (χ3v) is 6.83. The maximum absolute atomic E-state index is 13.4. The van der Waals surface area contributed by atoms with Gasteiger partial charge in [0.2, 0.25) is 21.2 Å². The summed E-state index contributed by atoms with van der Waals surface area (Å²) in [6.45, 7) is 3.21. The number of carbonyl (C=O) groups is 1. The molecule has 0 radical (unpaired) electrons. The first-order valence-electron chi connectivity index (χ1n) is 10.0. The number of amides is 1. The maximum Gasteiger partial charge on any atom is 0.244 e. The molecule has 0 aliphatic heterocycles. The van der Waals surface area contributed by atoms with Gasteiger partial charge in [0.1, 0.15) is 22.9 Å². The number of aryl methyl sites for hydroxylation is 2. The molecule has 1 amide bonds. The maximum atomic E-state index is 13.4. The van der Waals surface area contributed by atoms with Gasteiger partial charge >= 0.3 is 0 Å². The number of aromatic nitrogens is 2. The van der Waals surface area contributed by atoms with Gasteiger partial charge in [-0.2, -0.15) is 0 Å². The number of anilines is 1. The van der Waals surface area contributed by atoms with E-state index in [1.807, 2.05) is 6.92 Å². The summed E-state index contributed by atoms with van der Waals surface area (Å²) < 4.78 is 41.3. The summed E-state index contributed by atoms with van der Waals surface area (Å²) in [6.07, 6.45) is 1.14. The molecule has 0 aliphatic rings. The Balaban J connectivity index is 1.82. The lowest BCUT2D eigenvalue weighted by Crippen LogP contribution is -2.24. The lowest BCUT2D eigenvalue weighted by molar-refractivity contribution is -0.116. The molecule has 0 bridgehead atoms. The topological polar surface area (TPSA) is 98.1 Å². The van der Waals surface area contributed by atoms with Gasteiger partial charge in [0.15, 0.2) is 0 Å². The van der Waals surface area contributed by atoms with Crippen molar-refractivity contribution < 1.29 is 17.6 Å². The summed E-state index contributed by atoms with van der Waals surface area (Å²) in [5, 5.41) is 2.64. The van der Waals surface area contributed by atoms with Crippen molar-refractivity contribution in [2.75, 3.05) is 5.32 Å². The molecule has 0 fully saturated rings. The lowest BCUT2D eigenvalue weighted by Gasteiger charge is -2.14. The molecule has 1 N–H and O–H groups in total. The molecule has 168 valence electrons. The van der Waals surface area contributed by atoms with Crippen molar-refractivity contribution in [3.05, 3.63) is 94.2 Å². The Kier molecular flexibility index (Phi) is 5.82. The number of nitrogens with zero attached hydrogens (tertiary/aromatic N) is 2. The van der Waals surface area contributed by atoms with Crippen LogP contribution in [0.15, 0.2) is 81.4 Å². The molecule has 2 aromatic heterocycles. The molecule has 4 aromatic rings. The second-order valence-corrected chi connectivity index (χ2v) is 9.57. The summed E-state index contributed by atoms with van der Waals surface area (Å²) in [5.41, 5.74) is 1.20. The average molecular weight is 466 g/mol. The molecule has 9 heteroatoms. The van der Waals surface area contributed by atoms with E-state index in [0.29, 0.717) is 5.69 Å². The van der Waals surface area contributed by atoms with Gasteiger partial charge in [0, 0.05) is 17.6 Å². The fourth-order valence-electron chi connectivity index (χ4n) is 3.41.